The SMILES string of the molecule is O=c1[nH]nc2c3c(cccc13)NC(c1ccccc1)C2c1cccc(CNC2CC2)c1. The number of H-pyrrole nitrogens is 1. The quantitative estimate of drug-likeness (QED) is 0.456. The Bertz CT molecular complexity index is 1310. The minimum absolute atomic E-state index is 0.0162. The zero-order chi connectivity index (χ0) is 20.8. The monoisotopic (exact) mass is 408 g/mol. The lowest BCUT2D eigenvalue weighted by Crippen LogP contribution is -2.28. The van der Waals surface area contributed by atoms with Crippen LogP contribution < -0.4 is 16.2 Å². The van der Waals surface area contributed by atoms with Crippen LogP contribution in [0.25, 0.3) is 10.8 Å². The van der Waals surface area contributed by atoms with Gasteiger partial charge in [0.15, 0.2) is 0 Å². The summed E-state index contributed by atoms with van der Waals surface area (Å²) in [4.78, 5) is 12.5. The molecule has 5 nitrogen and oxygen atoms in total. The van der Waals surface area contributed by atoms with Crippen molar-refractivity contribution in [3.05, 3.63) is 106 Å². The highest BCUT2D eigenvalue weighted by molar-refractivity contribution is 5.97. The number of benzene rings is 3. The number of nitrogens with zero attached hydrogens (tertiary/aromatic N) is 1. The second-order valence-electron chi connectivity index (χ2n) is 8.58. The molecule has 1 aliphatic carbocycles. The van der Waals surface area contributed by atoms with Crippen molar-refractivity contribution in [1.82, 2.24) is 15.5 Å². The zero-order valence-electron chi connectivity index (χ0n) is 17.1. The van der Waals surface area contributed by atoms with Crippen LogP contribution >= 0.6 is 0 Å². The predicted molar refractivity (Wildman–Crippen MR) is 123 cm³/mol. The molecule has 0 saturated heterocycles. The van der Waals surface area contributed by atoms with Gasteiger partial charge in [0.1, 0.15) is 0 Å². The van der Waals surface area contributed by atoms with Crippen molar-refractivity contribution < 1.29 is 0 Å². The summed E-state index contributed by atoms with van der Waals surface area (Å²) in [6.45, 7) is 0.875. The zero-order valence-corrected chi connectivity index (χ0v) is 17.1. The fourth-order valence-electron chi connectivity index (χ4n) is 4.73. The lowest BCUT2D eigenvalue weighted by molar-refractivity contribution is 0.635. The van der Waals surface area contributed by atoms with E-state index in [0.717, 1.165) is 23.3 Å². The van der Waals surface area contributed by atoms with Gasteiger partial charge in [-0.25, -0.2) is 5.10 Å². The maximum Gasteiger partial charge on any atom is 0.272 e. The van der Waals surface area contributed by atoms with Gasteiger partial charge in [0.2, 0.25) is 0 Å². The molecule has 2 aliphatic rings. The standard InChI is InChI=1S/C26H24N4O/c31-26-20-10-5-11-21-23(20)25(29-30-26)22(24(28-21)17-7-2-1-3-8-17)18-9-4-6-16(14-18)15-27-19-12-13-19/h1-11,14,19,22,24,27-28H,12-13,15H2,(H,30,31). The highest BCUT2D eigenvalue weighted by atomic mass is 16.1. The van der Waals surface area contributed by atoms with Crippen molar-refractivity contribution in [1.29, 1.82) is 0 Å². The van der Waals surface area contributed by atoms with Crippen LogP contribution in [0.15, 0.2) is 77.6 Å². The molecule has 0 radical (unpaired) electrons. The summed E-state index contributed by atoms with van der Waals surface area (Å²) >= 11 is 0. The summed E-state index contributed by atoms with van der Waals surface area (Å²) in [7, 11) is 0. The lowest BCUT2D eigenvalue weighted by Gasteiger charge is -2.35. The minimum Gasteiger partial charge on any atom is -0.377 e. The number of aromatic amines is 1. The Morgan fingerprint density at radius 2 is 1.74 bits per heavy atom. The molecule has 1 saturated carbocycles. The van der Waals surface area contributed by atoms with E-state index in [4.69, 9.17) is 0 Å². The number of nitrogens with one attached hydrogen (secondary N) is 3. The topological polar surface area (TPSA) is 69.8 Å². The molecule has 154 valence electrons. The van der Waals surface area contributed by atoms with Crippen LogP contribution in [0.3, 0.4) is 0 Å². The van der Waals surface area contributed by atoms with Crippen LogP contribution in [0, 0.1) is 0 Å². The Morgan fingerprint density at radius 1 is 0.935 bits per heavy atom. The molecule has 6 rings (SSSR count). The fourth-order valence-corrected chi connectivity index (χ4v) is 4.73. The molecule has 0 spiro atoms. The minimum atomic E-state index is -0.151. The Hall–Kier alpha value is -3.44. The van der Waals surface area contributed by atoms with Gasteiger partial charge in [-0.05, 0) is 41.7 Å². The number of aromatic nitrogens is 2. The average molecular weight is 409 g/mol. The molecule has 3 aromatic carbocycles. The van der Waals surface area contributed by atoms with Gasteiger partial charge in [-0.2, -0.15) is 5.10 Å². The van der Waals surface area contributed by atoms with Gasteiger partial charge in [0.05, 0.1) is 23.0 Å². The van der Waals surface area contributed by atoms with E-state index >= 15 is 0 Å². The molecule has 1 aliphatic heterocycles. The van der Waals surface area contributed by atoms with Crippen molar-refractivity contribution in [2.75, 3.05) is 5.32 Å². The normalized spacial score (nSPS) is 19.9. The molecular formula is C26H24N4O. The smallest absolute Gasteiger partial charge is 0.272 e. The molecular weight excluding hydrogens is 384 g/mol. The van der Waals surface area contributed by atoms with Gasteiger partial charge in [-0.3, -0.25) is 4.79 Å². The van der Waals surface area contributed by atoms with Crippen molar-refractivity contribution in [2.24, 2.45) is 0 Å². The molecule has 5 heteroatoms. The Labute approximate surface area is 180 Å². The molecule has 1 fully saturated rings. The van der Waals surface area contributed by atoms with Crippen LogP contribution in [0.4, 0.5) is 5.69 Å². The summed E-state index contributed by atoms with van der Waals surface area (Å²) < 4.78 is 0. The average Bonchev–Trinajstić information content (AvgIpc) is 3.65. The van der Waals surface area contributed by atoms with E-state index in [9.17, 15) is 4.79 Å². The molecule has 0 amide bonds. The van der Waals surface area contributed by atoms with E-state index in [1.165, 1.54) is 29.5 Å². The van der Waals surface area contributed by atoms with Gasteiger partial charge in [0, 0.05) is 23.7 Å². The molecule has 2 unspecified atom stereocenters. The van der Waals surface area contributed by atoms with Crippen LogP contribution in [0.1, 0.15) is 47.2 Å². The van der Waals surface area contributed by atoms with Crippen molar-refractivity contribution >= 4 is 16.5 Å². The first-order chi connectivity index (χ1) is 15.3. The predicted octanol–water partition coefficient (Wildman–Crippen LogP) is 4.47. The van der Waals surface area contributed by atoms with E-state index in [-0.39, 0.29) is 17.5 Å². The van der Waals surface area contributed by atoms with Crippen LogP contribution in [0.2, 0.25) is 0 Å². The third-order valence-electron chi connectivity index (χ3n) is 6.42. The molecule has 4 aromatic rings. The summed E-state index contributed by atoms with van der Waals surface area (Å²) in [5.74, 6) is -0.0162. The first kappa shape index (κ1) is 18.3. The van der Waals surface area contributed by atoms with Gasteiger partial charge in [-0.1, -0.05) is 60.7 Å². The van der Waals surface area contributed by atoms with Gasteiger partial charge in [-0.15, -0.1) is 0 Å². The largest absolute Gasteiger partial charge is 0.377 e. The molecule has 2 atom stereocenters. The first-order valence-corrected chi connectivity index (χ1v) is 10.9. The highest BCUT2D eigenvalue weighted by Gasteiger charge is 2.34. The van der Waals surface area contributed by atoms with Crippen LogP contribution in [-0.4, -0.2) is 16.2 Å². The van der Waals surface area contributed by atoms with E-state index < -0.39 is 0 Å². The first-order valence-electron chi connectivity index (χ1n) is 10.9. The summed E-state index contributed by atoms with van der Waals surface area (Å²) in [6, 6.07) is 25.8. The molecule has 1 aromatic heterocycles. The van der Waals surface area contributed by atoms with Crippen molar-refractivity contribution in [3.63, 3.8) is 0 Å². The van der Waals surface area contributed by atoms with Crippen LogP contribution in [-0.2, 0) is 6.54 Å². The number of rotatable bonds is 5. The summed E-state index contributed by atoms with van der Waals surface area (Å²) in [5, 5.41) is 16.3. The second-order valence-corrected chi connectivity index (χ2v) is 8.58. The van der Waals surface area contributed by atoms with Crippen molar-refractivity contribution in [3.8, 4) is 0 Å². The summed E-state index contributed by atoms with van der Waals surface area (Å²) in [5.41, 5.74) is 5.40. The maximum atomic E-state index is 12.5. The Morgan fingerprint density at radius 3 is 2.58 bits per heavy atom. The summed E-state index contributed by atoms with van der Waals surface area (Å²) in [6.07, 6.45) is 2.55. The number of hydrogen-bond donors (Lipinski definition) is 3. The number of hydrogen-bond acceptors (Lipinski definition) is 4. The highest BCUT2D eigenvalue weighted by Crippen LogP contribution is 2.46. The maximum absolute atomic E-state index is 12.5. The van der Waals surface area contributed by atoms with Crippen LogP contribution in [0.5, 0.6) is 0 Å². The van der Waals surface area contributed by atoms with Crippen molar-refractivity contribution in [2.45, 2.75) is 37.4 Å². The van der Waals surface area contributed by atoms with Gasteiger partial charge in [0.25, 0.3) is 5.56 Å². The third kappa shape index (κ3) is 3.31. The van der Waals surface area contributed by atoms with Gasteiger partial charge >= 0.3 is 0 Å². The van der Waals surface area contributed by atoms with E-state index in [2.05, 4.69) is 69.4 Å². The Balaban J connectivity index is 1.52. The van der Waals surface area contributed by atoms with E-state index in [1.54, 1.807) is 0 Å². The number of anilines is 1. The lowest BCUT2D eigenvalue weighted by atomic mass is 9.79. The molecule has 31 heavy (non-hydrogen) atoms. The van der Waals surface area contributed by atoms with Gasteiger partial charge < -0.3 is 10.6 Å². The van der Waals surface area contributed by atoms with E-state index in [0.29, 0.717) is 11.4 Å². The second kappa shape index (κ2) is 7.36. The molecule has 2 heterocycles. The molecule has 0 bridgehead atoms. The molecule has 3 N–H and O–H groups in total. The third-order valence-corrected chi connectivity index (χ3v) is 6.42. The Kier molecular flexibility index (Phi) is 4.35. The fraction of sp³-hybridized carbons (Fsp3) is 0.231. The van der Waals surface area contributed by atoms with E-state index in [1.807, 2.05) is 24.3 Å².